The van der Waals surface area contributed by atoms with Gasteiger partial charge in [0.15, 0.2) is 0 Å². The molecule has 2 aliphatic rings. The lowest BCUT2D eigenvalue weighted by molar-refractivity contribution is -0.146. The maximum atomic E-state index is 11.6. The van der Waals surface area contributed by atoms with E-state index in [0.29, 0.717) is 12.8 Å². The molecule has 4 atom stereocenters. The molecule has 1 saturated heterocycles. The second kappa shape index (κ2) is 3.23. The molecule has 3 heteroatoms. The Kier molecular flexibility index (Phi) is 2.17. The minimum absolute atomic E-state index is 0.0914. The molecule has 1 saturated carbocycles. The van der Waals surface area contributed by atoms with E-state index in [1.807, 2.05) is 6.92 Å². The third kappa shape index (κ3) is 1.19. The van der Waals surface area contributed by atoms with Crippen LogP contribution in [0.25, 0.3) is 0 Å². The number of hydrogen-bond acceptors (Lipinski definition) is 3. The minimum Gasteiger partial charge on any atom is -0.462 e. The summed E-state index contributed by atoms with van der Waals surface area (Å²) < 4.78 is 5.13. The summed E-state index contributed by atoms with van der Waals surface area (Å²) in [6.07, 6.45) is 2.71. The molecule has 0 aromatic carbocycles. The Labute approximate surface area is 83.1 Å². The second-order valence-corrected chi connectivity index (χ2v) is 4.13. The van der Waals surface area contributed by atoms with Crippen LogP contribution in [0.4, 0.5) is 0 Å². The molecule has 1 heterocycles. The number of cyclic esters (lactones) is 1. The third-order valence-electron chi connectivity index (χ3n) is 3.34. The molecule has 2 fully saturated rings. The lowest BCUT2D eigenvalue weighted by Gasteiger charge is -2.10. The van der Waals surface area contributed by atoms with Gasteiger partial charge in [0, 0.05) is 18.3 Å². The van der Waals surface area contributed by atoms with Gasteiger partial charge in [-0.25, -0.2) is 0 Å². The molecule has 0 bridgehead atoms. The molecule has 14 heavy (non-hydrogen) atoms. The highest BCUT2D eigenvalue weighted by Gasteiger charge is 2.53. The molecule has 0 N–H and O–H groups in total. The van der Waals surface area contributed by atoms with E-state index in [1.54, 1.807) is 6.08 Å². The standard InChI is InChI=1S/C11H14O3/c1-3-4-7-9(12)5-8-6(2)14-11(13)10(7)8/h3,6-8,10H,1,4-5H2,2H3/t6-,7+,8-,10-/m1/s1. The number of carbonyl (C=O) groups is 2. The van der Waals surface area contributed by atoms with Gasteiger partial charge in [0.1, 0.15) is 11.9 Å². The van der Waals surface area contributed by atoms with E-state index in [9.17, 15) is 9.59 Å². The molecular formula is C11H14O3. The number of Topliss-reactive ketones (excluding diaryl/α,β-unsaturated/α-hetero) is 1. The number of rotatable bonds is 2. The Bertz CT molecular complexity index is 295. The summed E-state index contributed by atoms with van der Waals surface area (Å²) in [7, 11) is 0. The van der Waals surface area contributed by atoms with Crippen LogP contribution in [0.3, 0.4) is 0 Å². The third-order valence-corrected chi connectivity index (χ3v) is 3.34. The van der Waals surface area contributed by atoms with E-state index in [0.717, 1.165) is 0 Å². The number of allylic oxidation sites excluding steroid dienone is 1. The van der Waals surface area contributed by atoms with Crippen molar-refractivity contribution in [1.29, 1.82) is 0 Å². The van der Waals surface area contributed by atoms with Crippen LogP contribution in [-0.4, -0.2) is 17.9 Å². The molecule has 1 aliphatic carbocycles. The number of ketones is 1. The Hall–Kier alpha value is -1.12. The molecule has 0 amide bonds. The topological polar surface area (TPSA) is 43.4 Å². The van der Waals surface area contributed by atoms with Gasteiger partial charge in [-0.05, 0) is 13.3 Å². The highest BCUT2D eigenvalue weighted by atomic mass is 16.6. The van der Waals surface area contributed by atoms with Crippen molar-refractivity contribution in [2.24, 2.45) is 17.8 Å². The Balaban J connectivity index is 2.24. The summed E-state index contributed by atoms with van der Waals surface area (Å²) in [5.41, 5.74) is 0. The second-order valence-electron chi connectivity index (χ2n) is 4.13. The lowest BCUT2D eigenvalue weighted by atomic mass is 9.87. The number of fused-ring (bicyclic) bond motifs is 1. The van der Waals surface area contributed by atoms with Gasteiger partial charge in [-0.2, -0.15) is 0 Å². The molecule has 0 spiro atoms. The summed E-state index contributed by atoms with van der Waals surface area (Å²) in [5.74, 6) is -0.256. The number of ether oxygens (including phenoxy) is 1. The van der Waals surface area contributed by atoms with E-state index in [2.05, 4.69) is 6.58 Å². The van der Waals surface area contributed by atoms with Gasteiger partial charge in [-0.15, -0.1) is 6.58 Å². The fraction of sp³-hybridized carbons (Fsp3) is 0.636. The van der Waals surface area contributed by atoms with E-state index < -0.39 is 0 Å². The molecule has 3 nitrogen and oxygen atoms in total. The molecule has 0 aromatic rings. The first kappa shape index (κ1) is 9.44. The van der Waals surface area contributed by atoms with Gasteiger partial charge in [-0.3, -0.25) is 9.59 Å². The van der Waals surface area contributed by atoms with Crippen molar-refractivity contribution >= 4 is 11.8 Å². The normalized spacial score (nSPS) is 40.9. The van der Waals surface area contributed by atoms with Crippen molar-refractivity contribution in [1.82, 2.24) is 0 Å². The Morgan fingerprint density at radius 3 is 2.93 bits per heavy atom. The van der Waals surface area contributed by atoms with Crippen LogP contribution in [0.2, 0.25) is 0 Å². The van der Waals surface area contributed by atoms with Crippen LogP contribution in [0.1, 0.15) is 19.8 Å². The van der Waals surface area contributed by atoms with Gasteiger partial charge >= 0.3 is 5.97 Å². The van der Waals surface area contributed by atoms with Gasteiger partial charge in [0.2, 0.25) is 0 Å². The van der Waals surface area contributed by atoms with E-state index >= 15 is 0 Å². The predicted molar refractivity (Wildman–Crippen MR) is 50.5 cm³/mol. The largest absolute Gasteiger partial charge is 0.462 e. The summed E-state index contributed by atoms with van der Waals surface area (Å²) in [4.78, 5) is 23.1. The van der Waals surface area contributed by atoms with Crippen molar-refractivity contribution in [2.45, 2.75) is 25.9 Å². The average Bonchev–Trinajstić information content (AvgIpc) is 2.56. The van der Waals surface area contributed by atoms with Crippen LogP contribution in [0, 0.1) is 17.8 Å². The zero-order chi connectivity index (χ0) is 10.3. The van der Waals surface area contributed by atoms with Crippen molar-refractivity contribution < 1.29 is 14.3 Å². The molecule has 2 rings (SSSR count). The molecule has 0 aromatic heterocycles. The molecule has 76 valence electrons. The number of esters is 1. The van der Waals surface area contributed by atoms with Crippen LogP contribution in [0.15, 0.2) is 12.7 Å². The smallest absolute Gasteiger partial charge is 0.310 e. The van der Waals surface area contributed by atoms with Gasteiger partial charge in [0.05, 0.1) is 5.92 Å². The first-order valence-corrected chi connectivity index (χ1v) is 4.99. The van der Waals surface area contributed by atoms with Crippen molar-refractivity contribution in [3.05, 3.63) is 12.7 Å². The van der Waals surface area contributed by atoms with Crippen molar-refractivity contribution in [3.63, 3.8) is 0 Å². The first-order valence-electron chi connectivity index (χ1n) is 4.99. The highest BCUT2D eigenvalue weighted by Crippen LogP contribution is 2.44. The zero-order valence-electron chi connectivity index (χ0n) is 8.23. The van der Waals surface area contributed by atoms with Crippen LogP contribution in [-0.2, 0) is 14.3 Å². The molecule has 1 aliphatic heterocycles. The maximum Gasteiger partial charge on any atom is 0.310 e. The van der Waals surface area contributed by atoms with Crippen LogP contribution >= 0.6 is 0 Å². The van der Waals surface area contributed by atoms with Gasteiger partial charge in [-0.1, -0.05) is 6.08 Å². The van der Waals surface area contributed by atoms with E-state index in [1.165, 1.54) is 0 Å². The van der Waals surface area contributed by atoms with Crippen molar-refractivity contribution in [3.8, 4) is 0 Å². The summed E-state index contributed by atoms with van der Waals surface area (Å²) in [5, 5.41) is 0. The SMILES string of the molecule is C=CC[C@H]1C(=O)C[C@H]2[C@@H]1C(=O)O[C@@H]2C. The summed E-state index contributed by atoms with van der Waals surface area (Å²) >= 11 is 0. The number of carbonyl (C=O) groups excluding carboxylic acids is 2. The average molecular weight is 194 g/mol. The number of hydrogen-bond donors (Lipinski definition) is 0. The summed E-state index contributed by atoms with van der Waals surface area (Å²) in [6.45, 7) is 5.48. The molecule has 0 radical (unpaired) electrons. The molecular weight excluding hydrogens is 180 g/mol. The Morgan fingerprint density at radius 1 is 1.57 bits per heavy atom. The van der Waals surface area contributed by atoms with E-state index in [4.69, 9.17) is 4.74 Å². The van der Waals surface area contributed by atoms with Gasteiger partial charge < -0.3 is 4.74 Å². The fourth-order valence-corrected chi connectivity index (χ4v) is 2.61. The van der Waals surface area contributed by atoms with Gasteiger partial charge in [0.25, 0.3) is 0 Å². The first-order chi connectivity index (χ1) is 6.65. The quantitative estimate of drug-likeness (QED) is 0.492. The highest BCUT2D eigenvalue weighted by molar-refractivity contribution is 5.92. The monoisotopic (exact) mass is 194 g/mol. The zero-order valence-corrected chi connectivity index (χ0v) is 8.23. The predicted octanol–water partition coefficient (Wildman–Crippen LogP) is 1.33. The van der Waals surface area contributed by atoms with Crippen molar-refractivity contribution in [2.75, 3.05) is 0 Å². The lowest BCUT2D eigenvalue weighted by Crippen LogP contribution is -2.21. The van der Waals surface area contributed by atoms with Crippen LogP contribution in [0.5, 0.6) is 0 Å². The minimum atomic E-state index is -0.199. The fourth-order valence-electron chi connectivity index (χ4n) is 2.61. The van der Waals surface area contributed by atoms with Crippen LogP contribution < -0.4 is 0 Å². The molecule has 0 unspecified atom stereocenters. The maximum absolute atomic E-state index is 11.6. The summed E-state index contributed by atoms with van der Waals surface area (Å²) in [6, 6.07) is 0. The Morgan fingerprint density at radius 2 is 2.29 bits per heavy atom. The van der Waals surface area contributed by atoms with E-state index in [-0.39, 0.29) is 35.6 Å².